The summed E-state index contributed by atoms with van der Waals surface area (Å²) in [5.74, 6) is -0.683. The molecule has 2 aromatic carbocycles. The first kappa shape index (κ1) is 21.8. The largest absolute Gasteiger partial charge is 0.339 e. The van der Waals surface area contributed by atoms with Gasteiger partial charge in [0.1, 0.15) is 5.82 Å². The number of benzene rings is 2. The molecule has 6 nitrogen and oxygen atoms in total. The van der Waals surface area contributed by atoms with E-state index in [0.717, 1.165) is 32.0 Å². The third kappa shape index (κ3) is 5.25. The van der Waals surface area contributed by atoms with Crippen LogP contribution in [0.2, 0.25) is 0 Å². The van der Waals surface area contributed by atoms with Gasteiger partial charge in [-0.25, -0.2) is 12.8 Å². The monoisotopic (exact) mass is 445 g/mol. The Balaban J connectivity index is 1.42. The smallest absolute Gasteiger partial charge is 0.261 e. The van der Waals surface area contributed by atoms with Gasteiger partial charge in [-0.05, 0) is 75.2 Å². The molecule has 4 rings (SSSR count). The zero-order valence-electron chi connectivity index (χ0n) is 17.5. The third-order valence-electron chi connectivity index (χ3n) is 6.13. The zero-order chi connectivity index (χ0) is 21.8. The summed E-state index contributed by atoms with van der Waals surface area (Å²) >= 11 is 0. The van der Waals surface area contributed by atoms with E-state index in [0.29, 0.717) is 24.7 Å². The fraction of sp³-hybridized carbons (Fsp3) is 0.435. The van der Waals surface area contributed by atoms with Gasteiger partial charge in [0.15, 0.2) is 0 Å². The molecule has 2 aliphatic rings. The number of amides is 1. The molecule has 2 aromatic rings. The standard InChI is InChI=1S/C23H28FN3O3S/c24-19-7-5-8-20(17-19)25-31(29,30)22-9-4-6-18(16-22)23(28)27-14-10-21(11-15-27)26-12-2-1-3-13-26/h4-9,16-17,21,25H,1-3,10-15H2. The molecule has 2 heterocycles. The Morgan fingerprint density at radius 1 is 0.935 bits per heavy atom. The van der Waals surface area contributed by atoms with Gasteiger partial charge in [-0.1, -0.05) is 18.6 Å². The number of hydrogen-bond acceptors (Lipinski definition) is 4. The minimum Gasteiger partial charge on any atom is -0.339 e. The molecule has 0 aliphatic carbocycles. The van der Waals surface area contributed by atoms with E-state index in [9.17, 15) is 17.6 Å². The fourth-order valence-corrected chi connectivity index (χ4v) is 5.56. The molecule has 8 heteroatoms. The molecule has 0 bridgehead atoms. The molecule has 0 spiro atoms. The second-order valence-electron chi connectivity index (χ2n) is 8.26. The van der Waals surface area contributed by atoms with Crippen molar-refractivity contribution in [3.8, 4) is 0 Å². The van der Waals surface area contributed by atoms with Crippen LogP contribution < -0.4 is 4.72 Å². The van der Waals surface area contributed by atoms with Crippen molar-refractivity contribution in [1.29, 1.82) is 0 Å². The van der Waals surface area contributed by atoms with Crippen molar-refractivity contribution in [2.45, 2.75) is 43.0 Å². The summed E-state index contributed by atoms with van der Waals surface area (Å²) in [6.45, 7) is 3.66. The van der Waals surface area contributed by atoms with Crippen molar-refractivity contribution in [2.24, 2.45) is 0 Å². The first-order chi connectivity index (χ1) is 14.9. The van der Waals surface area contributed by atoms with E-state index in [-0.39, 0.29) is 16.5 Å². The quantitative estimate of drug-likeness (QED) is 0.762. The lowest BCUT2D eigenvalue weighted by Gasteiger charge is -2.40. The van der Waals surface area contributed by atoms with Crippen LogP contribution in [0.15, 0.2) is 53.4 Å². The van der Waals surface area contributed by atoms with E-state index >= 15 is 0 Å². The summed E-state index contributed by atoms with van der Waals surface area (Å²) in [5.41, 5.74) is 0.482. The van der Waals surface area contributed by atoms with Gasteiger partial charge in [0.05, 0.1) is 10.6 Å². The number of anilines is 1. The molecule has 1 N–H and O–H groups in total. The molecule has 0 aromatic heterocycles. The fourth-order valence-electron chi connectivity index (χ4n) is 4.46. The van der Waals surface area contributed by atoms with Gasteiger partial charge < -0.3 is 9.80 Å². The Morgan fingerprint density at radius 2 is 1.65 bits per heavy atom. The Kier molecular flexibility index (Phi) is 6.57. The third-order valence-corrected chi connectivity index (χ3v) is 7.51. The molecule has 2 aliphatic heterocycles. The molecule has 166 valence electrons. The number of likely N-dealkylation sites (tertiary alicyclic amines) is 2. The van der Waals surface area contributed by atoms with Crippen LogP contribution in [0.5, 0.6) is 0 Å². The van der Waals surface area contributed by atoms with E-state index in [1.165, 1.54) is 49.6 Å². The van der Waals surface area contributed by atoms with Crippen molar-refractivity contribution in [3.05, 3.63) is 59.9 Å². The van der Waals surface area contributed by atoms with Gasteiger partial charge in [0.25, 0.3) is 15.9 Å². The van der Waals surface area contributed by atoms with Crippen LogP contribution in [-0.2, 0) is 10.0 Å². The number of halogens is 1. The maximum Gasteiger partial charge on any atom is 0.261 e. The minimum atomic E-state index is -3.93. The maximum atomic E-state index is 13.4. The average Bonchev–Trinajstić information content (AvgIpc) is 2.79. The zero-order valence-corrected chi connectivity index (χ0v) is 18.3. The van der Waals surface area contributed by atoms with Crippen LogP contribution in [0, 0.1) is 5.82 Å². The number of nitrogens with zero attached hydrogens (tertiary/aromatic N) is 2. The van der Waals surface area contributed by atoms with E-state index < -0.39 is 15.8 Å². The lowest BCUT2D eigenvalue weighted by atomic mass is 9.99. The van der Waals surface area contributed by atoms with Crippen molar-refractivity contribution < 1.29 is 17.6 Å². The highest BCUT2D eigenvalue weighted by Gasteiger charge is 2.28. The van der Waals surface area contributed by atoms with Gasteiger partial charge in [-0.2, -0.15) is 0 Å². The highest BCUT2D eigenvalue weighted by Crippen LogP contribution is 2.23. The highest BCUT2D eigenvalue weighted by molar-refractivity contribution is 7.92. The molecule has 2 fully saturated rings. The first-order valence-corrected chi connectivity index (χ1v) is 12.3. The van der Waals surface area contributed by atoms with Crippen molar-refractivity contribution >= 4 is 21.6 Å². The molecule has 0 atom stereocenters. The van der Waals surface area contributed by atoms with Crippen LogP contribution in [0.3, 0.4) is 0 Å². The van der Waals surface area contributed by atoms with E-state index in [1.54, 1.807) is 12.1 Å². The minimum absolute atomic E-state index is 0.0224. The lowest BCUT2D eigenvalue weighted by molar-refractivity contribution is 0.0589. The van der Waals surface area contributed by atoms with Gasteiger partial charge in [0.2, 0.25) is 0 Å². The summed E-state index contributed by atoms with van der Waals surface area (Å²) in [5, 5.41) is 0. The second kappa shape index (κ2) is 9.36. The van der Waals surface area contributed by atoms with E-state index in [2.05, 4.69) is 9.62 Å². The summed E-state index contributed by atoms with van der Waals surface area (Å²) in [6, 6.07) is 11.8. The van der Waals surface area contributed by atoms with Gasteiger partial charge >= 0.3 is 0 Å². The summed E-state index contributed by atoms with van der Waals surface area (Å²) in [7, 11) is -3.93. The normalized spacial score (nSPS) is 18.7. The number of rotatable bonds is 5. The Morgan fingerprint density at radius 3 is 2.35 bits per heavy atom. The van der Waals surface area contributed by atoms with Crippen LogP contribution in [0.1, 0.15) is 42.5 Å². The molecule has 1 amide bonds. The van der Waals surface area contributed by atoms with Crippen LogP contribution in [-0.4, -0.2) is 56.3 Å². The van der Waals surface area contributed by atoms with Crippen molar-refractivity contribution in [2.75, 3.05) is 30.9 Å². The maximum absolute atomic E-state index is 13.4. The van der Waals surface area contributed by atoms with Crippen molar-refractivity contribution in [1.82, 2.24) is 9.80 Å². The number of carbonyl (C=O) groups excluding carboxylic acids is 1. The summed E-state index contributed by atoms with van der Waals surface area (Å²) < 4.78 is 41.2. The molecule has 2 saturated heterocycles. The molecule has 0 radical (unpaired) electrons. The number of nitrogens with one attached hydrogen (secondary N) is 1. The van der Waals surface area contributed by atoms with Gasteiger partial charge in [-0.15, -0.1) is 0 Å². The van der Waals surface area contributed by atoms with Crippen LogP contribution in [0.25, 0.3) is 0 Å². The SMILES string of the molecule is O=C(c1cccc(S(=O)(=O)Nc2cccc(F)c2)c1)N1CCC(N2CCCCC2)CC1. The van der Waals surface area contributed by atoms with Gasteiger partial charge in [0, 0.05) is 24.7 Å². The molecular weight excluding hydrogens is 417 g/mol. The predicted molar refractivity (Wildman–Crippen MR) is 118 cm³/mol. The molecule has 0 unspecified atom stereocenters. The number of hydrogen-bond donors (Lipinski definition) is 1. The van der Waals surface area contributed by atoms with E-state index in [1.807, 2.05) is 4.90 Å². The predicted octanol–water partition coefficient (Wildman–Crippen LogP) is 3.72. The number of piperidine rings is 2. The van der Waals surface area contributed by atoms with Crippen LogP contribution in [0.4, 0.5) is 10.1 Å². The molecular formula is C23H28FN3O3S. The summed E-state index contributed by atoms with van der Waals surface area (Å²) in [6.07, 6.45) is 5.71. The Hall–Kier alpha value is -2.45. The van der Waals surface area contributed by atoms with Gasteiger partial charge in [-0.3, -0.25) is 9.52 Å². The highest BCUT2D eigenvalue weighted by atomic mass is 32.2. The first-order valence-electron chi connectivity index (χ1n) is 10.8. The number of carbonyl (C=O) groups is 1. The Labute approximate surface area is 183 Å². The molecule has 31 heavy (non-hydrogen) atoms. The topological polar surface area (TPSA) is 69.7 Å². The second-order valence-corrected chi connectivity index (χ2v) is 9.95. The van der Waals surface area contributed by atoms with E-state index in [4.69, 9.17) is 0 Å². The van der Waals surface area contributed by atoms with Crippen LogP contribution >= 0.6 is 0 Å². The molecule has 0 saturated carbocycles. The van der Waals surface area contributed by atoms with Crippen molar-refractivity contribution in [3.63, 3.8) is 0 Å². The Bertz CT molecular complexity index is 1030. The summed E-state index contributed by atoms with van der Waals surface area (Å²) in [4.78, 5) is 17.4. The average molecular weight is 446 g/mol. The lowest BCUT2D eigenvalue weighted by Crippen LogP contribution is -2.48. The number of sulfonamides is 1.